The Morgan fingerprint density at radius 2 is 1.75 bits per heavy atom. The van der Waals surface area contributed by atoms with E-state index in [1.807, 2.05) is 29.2 Å². The van der Waals surface area contributed by atoms with E-state index in [0.717, 1.165) is 11.3 Å². The highest BCUT2D eigenvalue weighted by Gasteiger charge is 2.54. The number of ether oxygens (including phenoxy) is 1. The van der Waals surface area contributed by atoms with E-state index < -0.39 is 11.8 Å². The van der Waals surface area contributed by atoms with E-state index in [1.54, 1.807) is 7.11 Å². The minimum atomic E-state index is -4.54. The third-order valence-electron chi connectivity index (χ3n) is 3.78. The smallest absolute Gasteiger partial charge is 0.417 e. The first-order valence-corrected chi connectivity index (χ1v) is 6.48. The molecule has 1 aromatic rings. The molecule has 1 N–H and O–H groups in total. The highest BCUT2D eigenvalue weighted by Crippen LogP contribution is 2.38. The van der Waals surface area contributed by atoms with Gasteiger partial charge in [0.25, 0.3) is 0 Å². The molecule has 1 aliphatic heterocycles. The van der Waals surface area contributed by atoms with Gasteiger partial charge in [-0.2, -0.15) is 13.2 Å². The van der Waals surface area contributed by atoms with Gasteiger partial charge in [0, 0.05) is 19.6 Å². The molecule has 0 aliphatic carbocycles. The summed E-state index contributed by atoms with van der Waals surface area (Å²) in [5.74, 6) is 0.749. The van der Waals surface area contributed by atoms with Crippen LogP contribution in [0, 0.1) is 0 Å². The summed E-state index contributed by atoms with van der Waals surface area (Å²) in [6, 6.07) is 7.43. The van der Waals surface area contributed by atoms with Gasteiger partial charge in [-0.1, -0.05) is 12.1 Å². The van der Waals surface area contributed by atoms with Crippen molar-refractivity contribution in [1.29, 1.82) is 0 Å². The van der Waals surface area contributed by atoms with Crippen LogP contribution >= 0.6 is 0 Å². The Morgan fingerprint density at radius 3 is 2.20 bits per heavy atom. The Morgan fingerprint density at radius 1 is 1.20 bits per heavy atom. The fourth-order valence-electron chi connectivity index (χ4n) is 2.35. The maximum Gasteiger partial charge on any atom is 0.417 e. The standard InChI is InChI=1S/C14H18F3NO2/c1-20-12-4-2-11(3-5-12)10-18-8-6-13(19,7-9-18)14(15,16)17/h2-5,19H,6-10H2,1H3. The number of nitrogens with zero attached hydrogens (tertiary/aromatic N) is 1. The molecule has 3 nitrogen and oxygen atoms in total. The third-order valence-corrected chi connectivity index (χ3v) is 3.78. The van der Waals surface area contributed by atoms with Crippen molar-refractivity contribution in [3.63, 3.8) is 0 Å². The molecule has 0 spiro atoms. The zero-order chi connectivity index (χ0) is 14.8. The summed E-state index contributed by atoms with van der Waals surface area (Å²) < 4.78 is 43.1. The number of piperidine rings is 1. The van der Waals surface area contributed by atoms with E-state index in [4.69, 9.17) is 4.74 Å². The summed E-state index contributed by atoms with van der Waals surface area (Å²) in [5, 5.41) is 9.59. The van der Waals surface area contributed by atoms with Crippen molar-refractivity contribution in [2.24, 2.45) is 0 Å². The lowest BCUT2D eigenvalue weighted by Crippen LogP contribution is -2.53. The first kappa shape index (κ1) is 15.1. The van der Waals surface area contributed by atoms with Crippen LogP contribution in [0.15, 0.2) is 24.3 Å². The lowest BCUT2D eigenvalue weighted by molar-refractivity contribution is -0.272. The van der Waals surface area contributed by atoms with Crippen molar-refractivity contribution in [2.45, 2.75) is 31.2 Å². The predicted molar refractivity (Wildman–Crippen MR) is 68.5 cm³/mol. The van der Waals surface area contributed by atoms with Gasteiger partial charge in [-0.15, -0.1) is 0 Å². The fourth-order valence-corrected chi connectivity index (χ4v) is 2.35. The van der Waals surface area contributed by atoms with Crippen LogP contribution in [0.1, 0.15) is 18.4 Å². The number of hydrogen-bond donors (Lipinski definition) is 1. The van der Waals surface area contributed by atoms with Gasteiger partial charge in [-0.3, -0.25) is 4.90 Å². The number of hydrogen-bond acceptors (Lipinski definition) is 3. The van der Waals surface area contributed by atoms with Crippen molar-refractivity contribution in [1.82, 2.24) is 4.90 Å². The normalized spacial score (nSPS) is 19.9. The molecule has 0 aromatic heterocycles. The van der Waals surface area contributed by atoms with Crippen molar-refractivity contribution in [3.05, 3.63) is 29.8 Å². The van der Waals surface area contributed by atoms with E-state index in [-0.39, 0.29) is 25.9 Å². The van der Waals surface area contributed by atoms with Crippen LogP contribution in [0.4, 0.5) is 13.2 Å². The summed E-state index contributed by atoms with van der Waals surface area (Å²) in [5.41, 5.74) is -1.51. The number of aliphatic hydroxyl groups is 1. The molecule has 1 aliphatic rings. The molecule has 2 rings (SSSR count). The van der Waals surface area contributed by atoms with Gasteiger partial charge in [0.1, 0.15) is 5.75 Å². The van der Waals surface area contributed by atoms with Crippen molar-refractivity contribution in [3.8, 4) is 5.75 Å². The van der Waals surface area contributed by atoms with E-state index in [0.29, 0.717) is 6.54 Å². The Kier molecular flexibility index (Phi) is 4.25. The highest BCUT2D eigenvalue weighted by atomic mass is 19.4. The quantitative estimate of drug-likeness (QED) is 0.928. The molecule has 0 saturated carbocycles. The molecule has 0 bridgehead atoms. The largest absolute Gasteiger partial charge is 0.497 e. The van der Waals surface area contributed by atoms with Gasteiger partial charge in [0.05, 0.1) is 7.11 Å². The van der Waals surface area contributed by atoms with Crippen LogP contribution in [0.5, 0.6) is 5.75 Å². The van der Waals surface area contributed by atoms with E-state index in [2.05, 4.69) is 0 Å². The third kappa shape index (κ3) is 3.24. The first-order chi connectivity index (χ1) is 9.34. The maximum atomic E-state index is 12.7. The summed E-state index contributed by atoms with van der Waals surface area (Å²) >= 11 is 0. The minimum Gasteiger partial charge on any atom is -0.497 e. The SMILES string of the molecule is COc1ccc(CN2CCC(O)(C(F)(F)F)CC2)cc1. The van der Waals surface area contributed by atoms with Gasteiger partial charge in [0.15, 0.2) is 5.60 Å². The fraction of sp³-hybridized carbons (Fsp3) is 0.571. The Balaban J connectivity index is 1.91. The van der Waals surface area contributed by atoms with Gasteiger partial charge >= 0.3 is 6.18 Å². The van der Waals surface area contributed by atoms with E-state index in [9.17, 15) is 18.3 Å². The predicted octanol–water partition coefficient (Wildman–Crippen LogP) is 2.58. The molecule has 0 unspecified atom stereocenters. The Bertz CT molecular complexity index is 437. The molecule has 20 heavy (non-hydrogen) atoms. The number of likely N-dealkylation sites (tertiary alicyclic amines) is 1. The second-order valence-electron chi connectivity index (χ2n) is 5.15. The highest BCUT2D eigenvalue weighted by molar-refractivity contribution is 5.27. The van der Waals surface area contributed by atoms with Gasteiger partial charge in [-0.05, 0) is 30.5 Å². The molecule has 1 heterocycles. The van der Waals surface area contributed by atoms with Crippen molar-refractivity contribution >= 4 is 0 Å². The molecular formula is C14H18F3NO2. The van der Waals surface area contributed by atoms with Gasteiger partial charge in [0.2, 0.25) is 0 Å². The topological polar surface area (TPSA) is 32.7 Å². The molecule has 1 fully saturated rings. The second kappa shape index (κ2) is 5.61. The molecule has 1 saturated heterocycles. The average molecular weight is 289 g/mol. The van der Waals surface area contributed by atoms with Crippen LogP contribution in [0.3, 0.4) is 0 Å². The van der Waals surface area contributed by atoms with Crippen molar-refractivity contribution in [2.75, 3.05) is 20.2 Å². The van der Waals surface area contributed by atoms with Crippen LogP contribution < -0.4 is 4.74 Å². The average Bonchev–Trinajstić information content (AvgIpc) is 2.41. The van der Waals surface area contributed by atoms with Crippen LogP contribution in [0.2, 0.25) is 0 Å². The first-order valence-electron chi connectivity index (χ1n) is 6.48. The Labute approximate surface area is 116 Å². The van der Waals surface area contributed by atoms with Gasteiger partial charge in [-0.25, -0.2) is 0 Å². The second-order valence-corrected chi connectivity index (χ2v) is 5.15. The summed E-state index contributed by atoms with van der Waals surface area (Å²) in [6.45, 7) is 1.06. The lowest BCUT2D eigenvalue weighted by atomic mass is 9.90. The van der Waals surface area contributed by atoms with E-state index >= 15 is 0 Å². The van der Waals surface area contributed by atoms with Crippen LogP contribution in [0.25, 0.3) is 0 Å². The van der Waals surface area contributed by atoms with Crippen molar-refractivity contribution < 1.29 is 23.0 Å². The van der Waals surface area contributed by atoms with Crippen LogP contribution in [-0.4, -0.2) is 42.0 Å². The molecular weight excluding hydrogens is 271 g/mol. The Hall–Kier alpha value is -1.27. The summed E-state index contributed by atoms with van der Waals surface area (Å²) in [6.07, 6.45) is -5.08. The minimum absolute atomic E-state index is 0.238. The van der Waals surface area contributed by atoms with Gasteiger partial charge < -0.3 is 9.84 Å². The zero-order valence-electron chi connectivity index (χ0n) is 11.3. The number of methoxy groups -OCH3 is 1. The summed E-state index contributed by atoms with van der Waals surface area (Å²) in [7, 11) is 1.58. The van der Waals surface area contributed by atoms with Crippen LogP contribution in [-0.2, 0) is 6.54 Å². The molecule has 112 valence electrons. The molecule has 1 aromatic carbocycles. The molecule has 0 amide bonds. The zero-order valence-corrected chi connectivity index (χ0v) is 11.3. The lowest BCUT2D eigenvalue weighted by Gasteiger charge is -2.39. The monoisotopic (exact) mass is 289 g/mol. The molecule has 6 heteroatoms. The number of benzene rings is 1. The number of alkyl halides is 3. The maximum absolute atomic E-state index is 12.7. The number of rotatable bonds is 3. The summed E-state index contributed by atoms with van der Waals surface area (Å²) in [4.78, 5) is 1.92. The number of halogens is 3. The molecule has 0 radical (unpaired) electrons. The van der Waals surface area contributed by atoms with E-state index in [1.165, 1.54) is 0 Å². The molecule has 0 atom stereocenters.